The van der Waals surface area contributed by atoms with E-state index < -0.39 is 5.97 Å². The third-order valence-corrected chi connectivity index (χ3v) is 2.79. The summed E-state index contributed by atoms with van der Waals surface area (Å²) in [4.78, 5) is 10.8. The Kier molecular flexibility index (Phi) is 9.65. The van der Waals surface area contributed by atoms with Crippen molar-refractivity contribution >= 4 is 5.97 Å². The molecule has 0 aliphatic carbocycles. The van der Waals surface area contributed by atoms with Crippen LogP contribution in [0.15, 0.2) is 0 Å². The van der Waals surface area contributed by atoms with E-state index in [0.717, 1.165) is 32.1 Å². The Morgan fingerprint density at radius 3 is 2.27 bits per heavy atom. The lowest BCUT2D eigenvalue weighted by atomic mass is 9.96. The minimum atomic E-state index is -0.616. The first-order valence-electron chi connectivity index (χ1n) is 6.24. The number of carboxylic acids is 1. The van der Waals surface area contributed by atoms with Crippen molar-refractivity contribution in [1.29, 1.82) is 0 Å². The van der Waals surface area contributed by atoms with Gasteiger partial charge in [0.15, 0.2) is 0 Å². The van der Waals surface area contributed by atoms with E-state index in [9.17, 15) is 4.79 Å². The van der Waals surface area contributed by atoms with Crippen LogP contribution < -0.4 is 0 Å². The summed E-state index contributed by atoms with van der Waals surface area (Å²) in [5.41, 5.74) is 0. The predicted octanol–water partition coefficient (Wildman–Crippen LogP) is 4.05. The summed E-state index contributed by atoms with van der Waals surface area (Å²) in [7, 11) is 0. The average molecular weight is 213 g/mol. The van der Waals surface area contributed by atoms with Crippen LogP contribution in [0, 0.1) is 12.8 Å². The summed E-state index contributed by atoms with van der Waals surface area (Å²) >= 11 is 0. The second-order valence-corrected chi connectivity index (χ2v) is 4.23. The zero-order chi connectivity index (χ0) is 11.5. The monoisotopic (exact) mass is 213 g/mol. The van der Waals surface area contributed by atoms with Crippen LogP contribution in [0.1, 0.15) is 64.7 Å². The Bertz CT molecular complexity index is 155. The van der Waals surface area contributed by atoms with E-state index in [1.54, 1.807) is 0 Å². The molecule has 2 nitrogen and oxygen atoms in total. The molecule has 0 spiro atoms. The molecule has 0 aromatic heterocycles. The van der Waals surface area contributed by atoms with Gasteiger partial charge < -0.3 is 5.11 Å². The van der Waals surface area contributed by atoms with E-state index >= 15 is 0 Å². The fourth-order valence-electron chi connectivity index (χ4n) is 1.84. The summed E-state index contributed by atoms with van der Waals surface area (Å²) in [5, 5.41) is 8.94. The summed E-state index contributed by atoms with van der Waals surface area (Å²) in [6, 6.07) is 0. The summed E-state index contributed by atoms with van der Waals surface area (Å²) in [6.45, 7) is 5.85. The largest absolute Gasteiger partial charge is 0.481 e. The van der Waals surface area contributed by atoms with Crippen LogP contribution in [0.2, 0.25) is 0 Å². The van der Waals surface area contributed by atoms with Gasteiger partial charge in [0, 0.05) is 0 Å². The maximum absolute atomic E-state index is 10.8. The van der Waals surface area contributed by atoms with Gasteiger partial charge in [0.1, 0.15) is 0 Å². The van der Waals surface area contributed by atoms with Crippen LogP contribution in [-0.4, -0.2) is 11.1 Å². The summed E-state index contributed by atoms with van der Waals surface area (Å²) < 4.78 is 0. The first-order valence-corrected chi connectivity index (χ1v) is 6.24. The van der Waals surface area contributed by atoms with E-state index in [1.807, 2.05) is 6.92 Å². The molecule has 0 rings (SSSR count). The van der Waals surface area contributed by atoms with E-state index in [0.29, 0.717) is 0 Å². The molecule has 0 aromatic rings. The molecule has 1 N–H and O–H groups in total. The van der Waals surface area contributed by atoms with Crippen LogP contribution >= 0.6 is 0 Å². The van der Waals surface area contributed by atoms with Crippen LogP contribution in [0.25, 0.3) is 0 Å². The molecule has 0 heterocycles. The molecule has 1 radical (unpaired) electrons. The number of rotatable bonds is 10. The van der Waals surface area contributed by atoms with Gasteiger partial charge in [-0.05, 0) is 12.8 Å². The molecule has 0 bridgehead atoms. The number of carbonyl (C=O) groups is 1. The zero-order valence-electron chi connectivity index (χ0n) is 10.0. The van der Waals surface area contributed by atoms with Crippen molar-refractivity contribution < 1.29 is 9.90 Å². The van der Waals surface area contributed by atoms with Gasteiger partial charge in [-0.15, -0.1) is 0 Å². The van der Waals surface area contributed by atoms with Crippen molar-refractivity contribution in [2.24, 2.45) is 5.92 Å². The van der Waals surface area contributed by atoms with E-state index in [1.165, 1.54) is 25.7 Å². The molecular formula is C13H25O2. The fraction of sp³-hybridized carbons (Fsp3) is 0.846. The van der Waals surface area contributed by atoms with Crippen LogP contribution in [0.4, 0.5) is 0 Å². The maximum atomic E-state index is 10.8. The Morgan fingerprint density at radius 1 is 1.13 bits per heavy atom. The highest BCUT2D eigenvalue weighted by molar-refractivity contribution is 5.69. The molecule has 0 aliphatic rings. The Balaban J connectivity index is 3.41. The molecular weight excluding hydrogens is 188 g/mol. The van der Waals surface area contributed by atoms with Crippen molar-refractivity contribution in [1.82, 2.24) is 0 Å². The highest BCUT2D eigenvalue weighted by atomic mass is 16.4. The number of hydrogen-bond acceptors (Lipinski definition) is 1. The van der Waals surface area contributed by atoms with Gasteiger partial charge in [-0.25, -0.2) is 0 Å². The van der Waals surface area contributed by atoms with Crippen molar-refractivity contribution in [3.8, 4) is 0 Å². The molecule has 2 heteroatoms. The van der Waals surface area contributed by atoms with Gasteiger partial charge >= 0.3 is 5.97 Å². The van der Waals surface area contributed by atoms with E-state index in [4.69, 9.17) is 5.11 Å². The Hall–Kier alpha value is -0.530. The van der Waals surface area contributed by atoms with Gasteiger partial charge in [-0.1, -0.05) is 58.8 Å². The quantitative estimate of drug-likeness (QED) is 0.556. The standard InChI is InChI=1S/C13H25O2/c1-3-5-6-7-8-9-11-12(10-4-2)13(14)15/h12H,1,3-11H2,2H3,(H,14,15). The summed E-state index contributed by atoms with van der Waals surface area (Å²) in [6.07, 6.45) is 9.59. The summed E-state index contributed by atoms with van der Waals surface area (Å²) in [5.74, 6) is -0.725. The first-order chi connectivity index (χ1) is 7.22. The second kappa shape index (κ2) is 10.0. The molecule has 0 saturated heterocycles. The van der Waals surface area contributed by atoms with Gasteiger partial charge in [0.05, 0.1) is 5.92 Å². The molecule has 1 atom stereocenters. The van der Waals surface area contributed by atoms with Gasteiger partial charge in [-0.2, -0.15) is 0 Å². The molecule has 0 aromatic carbocycles. The first kappa shape index (κ1) is 14.5. The highest BCUT2D eigenvalue weighted by Crippen LogP contribution is 2.16. The SMILES string of the molecule is [CH2]CCCCCCCC(CCC)C(=O)O. The molecule has 0 aliphatic heterocycles. The average Bonchev–Trinajstić information content (AvgIpc) is 2.21. The molecule has 0 fully saturated rings. The minimum Gasteiger partial charge on any atom is -0.481 e. The normalized spacial score (nSPS) is 12.7. The number of aliphatic carboxylic acids is 1. The predicted molar refractivity (Wildman–Crippen MR) is 63.7 cm³/mol. The third kappa shape index (κ3) is 8.46. The fourth-order valence-corrected chi connectivity index (χ4v) is 1.84. The molecule has 0 amide bonds. The maximum Gasteiger partial charge on any atom is 0.306 e. The molecule has 1 unspecified atom stereocenters. The van der Waals surface area contributed by atoms with Crippen molar-refractivity contribution in [2.75, 3.05) is 0 Å². The topological polar surface area (TPSA) is 37.3 Å². The molecule has 0 saturated carbocycles. The van der Waals surface area contributed by atoms with Gasteiger partial charge in [0.25, 0.3) is 0 Å². The number of carboxylic acid groups (broad SMARTS) is 1. The Morgan fingerprint density at radius 2 is 1.73 bits per heavy atom. The van der Waals surface area contributed by atoms with Crippen molar-refractivity contribution in [3.63, 3.8) is 0 Å². The smallest absolute Gasteiger partial charge is 0.306 e. The highest BCUT2D eigenvalue weighted by Gasteiger charge is 2.14. The lowest BCUT2D eigenvalue weighted by molar-refractivity contribution is -0.142. The van der Waals surface area contributed by atoms with E-state index in [-0.39, 0.29) is 5.92 Å². The van der Waals surface area contributed by atoms with Crippen LogP contribution in [0.5, 0.6) is 0 Å². The second-order valence-electron chi connectivity index (χ2n) is 4.23. The molecule has 89 valence electrons. The number of unbranched alkanes of at least 4 members (excludes halogenated alkanes) is 5. The zero-order valence-corrected chi connectivity index (χ0v) is 10.0. The van der Waals surface area contributed by atoms with Gasteiger partial charge in [-0.3, -0.25) is 4.79 Å². The van der Waals surface area contributed by atoms with E-state index in [2.05, 4.69) is 6.92 Å². The third-order valence-electron chi connectivity index (χ3n) is 2.79. The van der Waals surface area contributed by atoms with Crippen molar-refractivity contribution in [2.45, 2.75) is 64.7 Å². The van der Waals surface area contributed by atoms with Crippen molar-refractivity contribution in [3.05, 3.63) is 6.92 Å². The van der Waals surface area contributed by atoms with Crippen LogP contribution in [-0.2, 0) is 4.79 Å². The lowest BCUT2D eigenvalue weighted by Gasteiger charge is -2.10. The minimum absolute atomic E-state index is 0.108. The van der Waals surface area contributed by atoms with Gasteiger partial charge in [0.2, 0.25) is 0 Å². The lowest BCUT2D eigenvalue weighted by Crippen LogP contribution is -2.13. The number of hydrogen-bond donors (Lipinski definition) is 1. The Labute approximate surface area is 94.1 Å². The molecule has 15 heavy (non-hydrogen) atoms. The van der Waals surface area contributed by atoms with Crippen LogP contribution in [0.3, 0.4) is 0 Å².